The number of benzene rings is 3. The van der Waals surface area contributed by atoms with Crippen molar-refractivity contribution in [2.24, 2.45) is 4.99 Å². The summed E-state index contributed by atoms with van der Waals surface area (Å²) in [6, 6.07) is 21.4. The van der Waals surface area contributed by atoms with Gasteiger partial charge in [-0.1, -0.05) is 54.6 Å². The second kappa shape index (κ2) is 5.66. The number of hydrogen-bond acceptors (Lipinski definition) is 1. The number of rotatable bonds is 2. The van der Waals surface area contributed by atoms with Crippen LogP contribution in [-0.2, 0) is 5.41 Å². The molecule has 0 fully saturated rings. The molecule has 0 saturated heterocycles. The molecular formula is C23H23N2+. The van der Waals surface area contributed by atoms with E-state index in [-0.39, 0.29) is 5.41 Å². The summed E-state index contributed by atoms with van der Waals surface area (Å²) >= 11 is 0. The normalized spacial score (nSPS) is 16.0. The lowest BCUT2D eigenvalue weighted by molar-refractivity contribution is -0.400. The van der Waals surface area contributed by atoms with E-state index in [1.54, 1.807) is 0 Å². The Labute approximate surface area is 149 Å². The monoisotopic (exact) mass is 327 g/mol. The van der Waals surface area contributed by atoms with Crippen molar-refractivity contribution in [2.45, 2.75) is 26.2 Å². The van der Waals surface area contributed by atoms with E-state index < -0.39 is 0 Å². The van der Waals surface area contributed by atoms with Crippen LogP contribution in [0.4, 0.5) is 11.4 Å². The first kappa shape index (κ1) is 15.8. The lowest BCUT2D eigenvalue weighted by Crippen LogP contribution is -2.29. The quantitative estimate of drug-likeness (QED) is 0.433. The Balaban J connectivity index is 1.84. The minimum atomic E-state index is -0.0483. The van der Waals surface area contributed by atoms with Gasteiger partial charge in [-0.25, -0.2) is 4.99 Å². The van der Waals surface area contributed by atoms with Crippen LogP contribution in [0.15, 0.2) is 65.7 Å². The molecule has 124 valence electrons. The molecule has 3 aromatic rings. The summed E-state index contributed by atoms with van der Waals surface area (Å²) in [5.74, 6) is 0. The summed E-state index contributed by atoms with van der Waals surface area (Å²) in [6.45, 7) is 6.67. The van der Waals surface area contributed by atoms with E-state index in [1.165, 1.54) is 33.3 Å². The highest BCUT2D eigenvalue weighted by Gasteiger charge is 2.43. The molecule has 1 heterocycles. The molecule has 2 nitrogen and oxygen atoms in total. The van der Waals surface area contributed by atoms with Gasteiger partial charge in [-0.15, -0.1) is 0 Å². The number of hydrogen-bond donors (Lipinski definition) is 0. The number of aliphatic imine (C=N–C) groups is 1. The van der Waals surface area contributed by atoms with E-state index in [0.29, 0.717) is 0 Å². The first-order valence-electron chi connectivity index (χ1n) is 8.73. The minimum absolute atomic E-state index is 0.0483. The van der Waals surface area contributed by atoms with Crippen LogP contribution in [0, 0.1) is 6.92 Å². The molecule has 0 bridgehead atoms. The van der Waals surface area contributed by atoms with Crippen LogP contribution in [0.2, 0.25) is 0 Å². The molecule has 0 spiro atoms. The molecule has 4 rings (SSSR count). The summed E-state index contributed by atoms with van der Waals surface area (Å²) in [6.07, 6.45) is 2.05. The molecule has 25 heavy (non-hydrogen) atoms. The molecule has 0 aliphatic carbocycles. The number of fused-ring (bicyclic) bond motifs is 2. The average molecular weight is 327 g/mol. The Morgan fingerprint density at radius 3 is 2.44 bits per heavy atom. The van der Waals surface area contributed by atoms with Crippen molar-refractivity contribution >= 4 is 34.1 Å². The maximum atomic E-state index is 4.94. The van der Waals surface area contributed by atoms with Gasteiger partial charge < -0.3 is 0 Å². The van der Waals surface area contributed by atoms with Gasteiger partial charge in [0, 0.05) is 17.0 Å². The molecular weight excluding hydrogens is 304 g/mol. The largest absolute Gasteiger partial charge is 0.249 e. The summed E-state index contributed by atoms with van der Waals surface area (Å²) in [4.78, 5) is 4.94. The topological polar surface area (TPSA) is 15.4 Å². The van der Waals surface area contributed by atoms with Crippen molar-refractivity contribution in [3.8, 4) is 0 Å². The van der Waals surface area contributed by atoms with Gasteiger partial charge >= 0.3 is 0 Å². The van der Waals surface area contributed by atoms with Gasteiger partial charge in [0.15, 0.2) is 0 Å². The van der Waals surface area contributed by atoms with Gasteiger partial charge in [-0.3, -0.25) is 0 Å². The van der Waals surface area contributed by atoms with Crippen LogP contribution < -0.4 is 0 Å². The fourth-order valence-electron chi connectivity index (χ4n) is 3.89. The van der Waals surface area contributed by atoms with Crippen molar-refractivity contribution < 1.29 is 4.58 Å². The predicted molar refractivity (Wildman–Crippen MR) is 107 cm³/mol. The summed E-state index contributed by atoms with van der Waals surface area (Å²) < 4.78 is 2.26. The molecule has 0 atom stereocenters. The van der Waals surface area contributed by atoms with E-state index in [0.717, 1.165) is 5.69 Å². The predicted octanol–water partition coefficient (Wildman–Crippen LogP) is 5.56. The van der Waals surface area contributed by atoms with Crippen LogP contribution in [0.1, 0.15) is 25.0 Å². The highest BCUT2D eigenvalue weighted by Crippen LogP contribution is 2.38. The highest BCUT2D eigenvalue weighted by molar-refractivity contribution is 6.34. The van der Waals surface area contributed by atoms with Crippen molar-refractivity contribution in [1.82, 2.24) is 0 Å². The maximum Gasteiger partial charge on any atom is 0.210 e. The van der Waals surface area contributed by atoms with Crippen LogP contribution >= 0.6 is 0 Å². The summed E-state index contributed by atoms with van der Waals surface area (Å²) in [5.41, 5.74) is 6.06. The maximum absolute atomic E-state index is 4.94. The zero-order chi connectivity index (χ0) is 17.6. The Morgan fingerprint density at radius 1 is 0.920 bits per heavy atom. The number of para-hydroxylation sites is 1. The summed E-state index contributed by atoms with van der Waals surface area (Å²) in [7, 11) is 2.13. The van der Waals surface area contributed by atoms with Gasteiger partial charge in [-0.2, -0.15) is 4.58 Å². The van der Waals surface area contributed by atoms with Crippen LogP contribution in [0.25, 0.3) is 10.8 Å². The van der Waals surface area contributed by atoms with Crippen LogP contribution in [0.5, 0.6) is 0 Å². The third-order valence-corrected chi connectivity index (χ3v) is 5.36. The highest BCUT2D eigenvalue weighted by atomic mass is 15.0. The van der Waals surface area contributed by atoms with Crippen molar-refractivity contribution in [3.05, 3.63) is 71.8 Å². The van der Waals surface area contributed by atoms with Gasteiger partial charge in [0.2, 0.25) is 11.4 Å². The van der Waals surface area contributed by atoms with E-state index >= 15 is 0 Å². The van der Waals surface area contributed by atoms with Crippen molar-refractivity contribution in [3.63, 3.8) is 0 Å². The molecule has 0 amide bonds. The van der Waals surface area contributed by atoms with Gasteiger partial charge in [0.1, 0.15) is 7.05 Å². The molecule has 0 radical (unpaired) electrons. The lowest BCUT2D eigenvalue weighted by Gasteiger charge is -2.15. The molecule has 1 aliphatic rings. The third-order valence-electron chi connectivity index (χ3n) is 5.36. The Kier molecular flexibility index (Phi) is 3.57. The molecule has 0 N–H and O–H groups in total. The first-order valence-corrected chi connectivity index (χ1v) is 8.73. The number of aryl methyl sites for hydroxylation is 1. The average Bonchev–Trinajstić information content (AvgIpc) is 2.81. The molecule has 2 heteroatoms. The van der Waals surface area contributed by atoms with Crippen LogP contribution in [0.3, 0.4) is 0 Å². The second-order valence-corrected chi connectivity index (χ2v) is 7.30. The minimum Gasteiger partial charge on any atom is -0.249 e. The zero-order valence-electron chi connectivity index (χ0n) is 15.2. The third kappa shape index (κ3) is 2.41. The molecule has 3 aromatic carbocycles. The Morgan fingerprint density at radius 2 is 1.64 bits per heavy atom. The smallest absolute Gasteiger partial charge is 0.210 e. The summed E-state index contributed by atoms with van der Waals surface area (Å²) in [5, 5.41) is 2.43. The molecule has 0 aromatic heterocycles. The van der Waals surface area contributed by atoms with E-state index in [2.05, 4.69) is 99.3 Å². The Bertz CT molecular complexity index is 1040. The van der Waals surface area contributed by atoms with Gasteiger partial charge in [-0.05, 0) is 31.7 Å². The van der Waals surface area contributed by atoms with Gasteiger partial charge in [0.05, 0.1) is 17.3 Å². The fraction of sp³-hybridized carbons (Fsp3) is 0.217. The molecule has 0 unspecified atom stereocenters. The zero-order valence-corrected chi connectivity index (χ0v) is 15.2. The van der Waals surface area contributed by atoms with E-state index in [1.807, 2.05) is 0 Å². The van der Waals surface area contributed by atoms with E-state index in [9.17, 15) is 0 Å². The first-order chi connectivity index (χ1) is 12.0. The van der Waals surface area contributed by atoms with Gasteiger partial charge in [0.25, 0.3) is 0 Å². The second-order valence-electron chi connectivity index (χ2n) is 7.30. The molecule has 0 saturated carbocycles. The van der Waals surface area contributed by atoms with Crippen molar-refractivity contribution in [1.29, 1.82) is 0 Å². The van der Waals surface area contributed by atoms with Crippen LogP contribution in [-0.4, -0.2) is 23.5 Å². The van der Waals surface area contributed by atoms with Crippen molar-refractivity contribution in [2.75, 3.05) is 7.05 Å². The fourth-order valence-corrected chi connectivity index (χ4v) is 3.89. The standard InChI is InChI=1S/C23H23N2/c1-16-13-14-17-9-5-6-10-18(17)22(16)24-15-21-23(2,3)19-11-7-8-12-20(19)25(21)4/h5-15H,1-4H3/q+1/b24-15-. The lowest BCUT2D eigenvalue weighted by atomic mass is 9.82. The SMILES string of the molecule is Cc1ccc2ccccc2c1/N=C\C1=[N+](C)c2ccccc2C1(C)C. The number of nitrogens with zero attached hydrogens (tertiary/aromatic N) is 2. The van der Waals surface area contributed by atoms with E-state index in [4.69, 9.17) is 4.99 Å². The Hall–Kier alpha value is -2.74. The molecule has 1 aliphatic heterocycles.